The van der Waals surface area contributed by atoms with E-state index in [-0.39, 0.29) is 17.9 Å². The molecule has 17 heavy (non-hydrogen) atoms. The average molecular weight is 302 g/mol. The molecule has 1 amide bonds. The lowest BCUT2D eigenvalue weighted by Gasteiger charge is -2.12. The Morgan fingerprint density at radius 2 is 2.12 bits per heavy atom. The Kier molecular flexibility index (Phi) is 4.34. The minimum Gasteiger partial charge on any atom is -0.397 e. The van der Waals surface area contributed by atoms with Crippen LogP contribution >= 0.6 is 15.9 Å². The van der Waals surface area contributed by atoms with Gasteiger partial charge in [0.05, 0.1) is 10.2 Å². The first-order chi connectivity index (χ1) is 7.84. The molecule has 6 heteroatoms. The molecule has 0 saturated heterocycles. The van der Waals surface area contributed by atoms with Crippen LogP contribution in [0.25, 0.3) is 0 Å². The summed E-state index contributed by atoms with van der Waals surface area (Å²) in [6.07, 6.45) is 1.85. The SMILES string of the molecule is Cc1c(N)cn(CCC(=O)N(C)C)c(=O)c1Br. The van der Waals surface area contributed by atoms with Crippen LogP contribution in [0.3, 0.4) is 0 Å². The first kappa shape index (κ1) is 13.8. The van der Waals surface area contributed by atoms with Gasteiger partial charge in [0.25, 0.3) is 5.56 Å². The molecular formula is C11H16BrN3O2. The molecular weight excluding hydrogens is 286 g/mol. The summed E-state index contributed by atoms with van der Waals surface area (Å²) in [5.74, 6) is -0.0211. The number of nitrogen functional groups attached to an aromatic ring is 1. The summed E-state index contributed by atoms with van der Waals surface area (Å²) in [6, 6.07) is 0. The Morgan fingerprint density at radius 3 is 2.65 bits per heavy atom. The van der Waals surface area contributed by atoms with Crippen molar-refractivity contribution in [1.29, 1.82) is 0 Å². The van der Waals surface area contributed by atoms with Gasteiger partial charge >= 0.3 is 0 Å². The number of carbonyl (C=O) groups is 1. The fourth-order valence-corrected chi connectivity index (χ4v) is 1.80. The van der Waals surface area contributed by atoms with E-state index in [9.17, 15) is 9.59 Å². The van der Waals surface area contributed by atoms with Crippen LogP contribution in [0.4, 0.5) is 5.69 Å². The Hall–Kier alpha value is -1.30. The van der Waals surface area contributed by atoms with Gasteiger partial charge in [-0.05, 0) is 28.4 Å². The van der Waals surface area contributed by atoms with Crippen molar-refractivity contribution >= 4 is 27.5 Å². The first-order valence-electron chi connectivity index (χ1n) is 5.19. The van der Waals surface area contributed by atoms with E-state index in [1.807, 2.05) is 0 Å². The van der Waals surface area contributed by atoms with Crippen molar-refractivity contribution in [2.75, 3.05) is 19.8 Å². The lowest BCUT2D eigenvalue weighted by molar-refractivity contribution is -0.128. The van der Waals surface area contributed by atoms with Gasteiger partial charge in [-0.15, -0.1) is 0 Å². The van der Waals surface area contributed by atoms with E-state index in [2.05, 4.69) is 15.9 Å². The van der Waals surface area contributed by atoms with Crippen LogP contribution in [0.15, 0.2) is 15.5 Å². The number of nitrogens with zero attached hydrogens (tertiary/aromatic N) is 2. The van der Waals surface area contributed by atoms with Gasteiger partial charge in [-0.3, -0.25) is 9.59 Å². The van der Waals surface area contributed by atoms with Gasteiger partial charge in [-0.1, -0.05) is 0 Å². The number of aryl methyl sites for hydroxylation is 1. The van der Waals surface area contributed by atoms with Gasteiger partial charge in [0.2, 0.25) is 5.91 Å². The molecule has 5 nitrogen and oxygen atoms in total. The molecule has 0 aromatic carbocycles. The highest BCUT2D eigenvalue weighted by Gasteiger charge is 2.10. The highest BCUT2D eigenvalue weighted by atomic mass is 79.9. The molecule has 0 aliphatic carbocycles. The second kappa shape index (κ2) is 5.35. The van der Waals surface area contributed by atoms with Crippen molar-refractivity contribution in [2.45, 2.75) is 19.9 Å². The predicted octanol–water partition coefficient (Wildman–Crippen LogP) is 0.980. The number of amides is 1. The topological polar surface area (TPSA) is 68.3 Å². The molecule has 0 atom stereocenters. The molecule has 1 rings (SSSR count). The number of pyridine rings is 1. The zero-order chi connectivity index (χ0) is 13.2. The molecule has 0 bridgehead atoms. The van der Waals surface area contributed by atoms with E-state index in [0.717, 1.165) is 5.56 Å². The lowest BCUT2D eigenvalue weighted by atomic mass is 10.2. The molecule has 1 aromatic rings. The predicted molar refractivity (Wildman–Crippen MR) is 70.9 cm³/mol. The Balaban J connectivity index is 2.94. The lowest BCUT2D eigenvalue weighted by Crippen LogP contribution is -2.27. The molecule has 0 spiro atoms. The largest absolute Gasteiger partial charge is 0.397 e. The normalized spacial score (nSPS) is 10.4. The number of nitrogens with two attached hydrogens (primary N) is 1. The molecule has 1 aromatic heterocycles. The Morgan fingerprint density at radius 1 is 1.53 bits per heavy atom. The second-order valence-corrected chi connectivity index (χ2v) is 4.85. The van der Waals surface area contributed by atoms with Crippen LogP contribution < -0.4 is 11.3 Å². The minimum atomic E-state index is -0.164. The number of halogens is 1. The van der Waals surface area contributed by atoms with Gasteiger partial charge < -0.3 is 15.2 Å². The minimum absolute atomic E-state index is 0.0211. The van der Waals surface area contributed by atoms with Crippen LogP contribution in [0.1, 0.15) is 12.0 Å². The Bertz CT molecular complexity index is 494. The van der Waals surface area contributed by atoms with Gasteiger partial charge in [-0.25, -0.2) is 0 Å². The smallest absolute Gasteiger partial charge is 0.265 e. The summed E-state index contributed by atoms with van der Waals surface area (Å²) >= 11 is 3.21. The molecule has 94 valence electrons. The van der Waals surface area contributed by atoms with Crippen LogP contribution in [0, 0.1) is 6.92 Å². The van der Waals surface area contributed by atoms with E-state index >= 15 is 0 Å². The van der Waals surface area contributed by atoms with E-state index in [1.54, 1.807) is 27.2 Å². The van der Waals surface area contributed by atoms with Crippen LogP contribution in [0.2, 0.25) is 0 Å². The van der Waals surface area contributed by atoms with E-state index in [4.69, 9.17) is 5.73 Å². The van der Waals surface area contributed by atoms with Crippen LogP contribution in [0.5, 0.6) is 0 Å². The van der Waals surface area contributed by atoms with Crippen molar-refractivity contribution in [3.63, 3.8) is 0 Å². The summed E-state index contributed by atoms with van der Waals surface area (Å²) in [5.41, 5.74) is 6.87. The number of rotatable bonds is 3. The summed E-state index contributed by atoms with van der Waals surface area (Å²) < 4.78 is 1.91. The van der Waals surface area contributed by atoms with Crippen molar-refractivity contribution in [3.05, 3.63) is 26.6 Å². The van der Waals surface area contributed by atoms with Gasteiger partial charge in [-0.2, -0.15) is 0 Å². The molecule has 1 heterocycles. The maximum Gasteiger partial charge on any atom is 0.265 e. The van der Waals surface area contributed by atoms with Crippen molar-refractivity contribution in [3.8, 4) is 0 Å². The average Bonchev–Trinajstić information content (AvgIpc) is 2.28. The zero-order valence-corrected chi connectivity index (χ0v) is 11.7. The van der Waals surface area contributed by atoms with Crippen molar-refractivity contribution < 1.29 is 4.79 Å². The highest BCUT2D eigenvalue weighted by Crippen LogP contribution is 2.17. The van der Waals surface area contributed by atoms with Gasteiger partial charge in [0.1, 0.15) is 0 Å². The second-order valence-electron chi connectivity index (χ2n) is 4.06. The standard InChI is InChI=1S/C11H16BrN3O2/c1-7-8(13)6-15(11(17)10(7)12)5-4-9(16)14(2)3/h6H,4-5,13H2,1-3H3. The molecule has 0 radical (unpaired) electrons. The summed E-state index contributed by atoms with van der Waals surface area (Å²) in [5, 5.41) is 0. The van der Waals surface area contributed by atoms with Crippen molar-refractivity contribution in [2.24, 2.45) is 0 Å². The maximum atomic E-state index is 11.9. The third-order valence-electron chi connectivity index (χ3n) is 2.57. The number of hydrogen-bond acceptors (Lipinski definition) is 3. The molecule has 0 unspecified atom stereocenters. The van der Waals surface area contributed by atoms with E-state index in [0.29, 0.717) is 16.7 Å². The Labute approximate surface area is 108 Å². The van der Waals surface area contributed by atoms with Crippen LogP contribution in [-0.2, 0) is 11.3 Å². The van der Waals surface area contributed by atoms with Gasteiger partial charge in [0.15, 0.2) is 0 Å². The van der Waals surface area contributed by atoms with E-state index in [1.165, 1.54) is 9.47 Å². The zero-order valence-electron chi connectivity index (χ0n) is 10.2. The summed E-state index contributed by atoms with van der Waals surface area (Å²) in [6.45, 7) is 2.11. The third kappa shape index (κ3) is 3.09. The fourth-order valence-electron chi connectivity index (χ4n) is 1.34. The highest BCUT2D eigenvalue weighted by molar-refractivity contribution is 9.10. The summed E-state index contributed by atoms with van der Waals surface area (Å²) in [7, 11) is 3.37. The number of anilines is 1. The van der Waals surface area contributed by atoms with E-state index < -0.39 is 0 Å². The quantitative estimate of drug-likeness (QED) is 0.905. The number of hydrogen-bond donors (Lipinski definition) is 1. The molecule has 0 saturated carbocycles. The number of carbonyl (C=O) groups excluding carboxylic acids is 1. The number of aromatic nitrogens is 1. The molecule has 0 fully saturated rings. The van der Waals surface area contributed by atoms with Gasteiger partial charge in [0, 0.05) is 33.3 Å². The first-order valence-corrected chi connectivity index (χ1v) is 5.99. The maximum absolute atomic E-state index is 11.9. The monoisotopic (exact) mass is 301 g/mol. The third-order valence-corrected chi connectivity index (χ3v) is 3.51. The van der Waals surface area contributed by atoms with Crippen molar-refractivity contribution in [1.82, 2.24) is 9.47 Å². The molecule has 0 aliphatic heterocycles. The fraction of sp³-hybridized carbons (Fsp3) is 0.455. The molecule has 0 aliphatic rings. The summed E-state index contributed by atoms with van der Waals surface area (Å²) in [4.78, 5) is 24.8. The van der Waals surface area contributed by atoms with Crippen LogP contribution in [-0.4, -0.2) is 29.5 Å². The molecule has 2 N–H and O–H groups in total.